The molecule has 1 aromatic heterocycles. The Labute approximate surface area is 175 Å². The molecule has 0 unspecified atom stereocenters. The van der Waals surface area contributed by atoms with Gasteiger partial charge >= 0.3 is 6.01 Å². The Balaban J connectivity index is 1.62. The van der Waals surface area contributed by atoms with Crippen molar-refractivity contribution >= 4 is 17.7 Å². The highest BCUT2D eigenvalue weighted by molar-refractivity contribution is 6.02. The number of ether oxygens (including phenoxy) is 3. The smallest absolute Gasteiger partial charge is 0.322 e. The lowest BCUT2D eigenvalue weighted by molar-refractivity contribution is -0.111. The van der Waals surface area contributed by atoms with E-state index < -0.39 is 0 Å². The summed E-state index contributed by atoms with van der Waals surface area (Å²) in [7, 11) is 3.15. The van der Waals surface area contributed by atoms with Crippen LogP contribution in [0.1, 0.15) is 17.0 Å². The van der Waals surface area contributed by atoms with Crippen LogP contribution in [0.3, 0.4) is 0 Å². The Hall–Kier alpha value is -3.87. The molecule has 0 radical (unpaired) electrons. The van der Waals surface area contributed by atoms with E-state index in [1.807, 2.05) is 26.0 Å². The summed E-state index contributed by atoms with van der Waals surface area (Å²) in [6.07, 6.45) is 3.13. The number of carbonyl (C=O) groups excluding carboxylic acids is 1. The molecule has 3 aromatic rings. The number of benzene rings is 2. The van der Waals surface area contributed by atoms with Gasteiger partial charge in [-0.15, -0.1) is 0 Å². The second-order valence-corrected chi connectivity index (χ2v) is 6.49. The number of nitrogens with zero attached hydrogens (tertiary/aromatic N) is 2. The highest BCUT2D eigenvalue weighted by Gasteiger charge is 2.05. The molecule has 1 amide bonds. The summed E-state index contributed by atoms with van der Waals surface area (Å²) in [6, 6.07) is 14.5. The van der Waals surface area contributed by atoms with Crippen molar-refractivity contribution in [1.29, 1.82) is 0 Å². The fourth-order valence-corrected chi connectivity index (χ4v) is 2.76. The maximum Gasteiger partial charge on any atom is 0.322 e. The third-order valence-electron chi connectivity index (χ3n) is 4.15. The van der Waals surface area contributed by atoms with Gasteiger partial charge in [-0.2, -0.15) is 0 Å². The molecule has 0 saturated heterocycles. The molecule has 0 atom stereocenters. The lowest BCUT2D eigenvalue weighted by atomic mass is 10.1. The first-order valence-electron chi connectivity index (χ1n) is 9.28. The second kappa shape index (κ2) is 9.56. The van der Waals surface area contributed by atoms with Crippen LogP contribution in [-0.4, -0.2) is 30.1 Å². The summed E-state index contributed by atoms with van der Waals surface area (Å²) in [5, 5.41) is 2.80. The average Bonchev–Trinajstić information content (AvgIpc) is 2.72. The van der Waals surface area contributed by atoms with Gasteiger partial charge < -0.3 is 19.5 Å². The normalized spacial score (nSPS) is 10.7. The molecule has 154 valence electrons. The maximum atomic E-state index is 12.2. The molecule has 0 spiro atoms. The van der Waals surface area contributed by atoms with Gasteiger partial charge in [0.05, 0.1) is 14.2 Å². The van der Waals surface area contributed by atoms with Crippen LogP contribution in [0.15, 0.2) is 54.6 Å². The SMILES string of the molecule is COc1ccc(/C=C/C(=O)Nc2ccc(Oc3nc(C)cc(C)n3)cc2)c(OC)c1. The predicted octanol–water partition coefficient (Wildman–Crippen LogP) is 4.55. The van der Waals surface area contributed by atoms with E-state index in [0.717, 1.165) is 17.0 Å². The zero-order valence-electron chi connectivity index (χ0n) is 17.3. The number of amides is 1. The van der Waals surface area contributed by atoms with Crippen LogP contribution in [0.2, 0.25) is 0 Å². The molecule has 0 aliphatic heterocycles. The molecule has 7 nitrogen and oxygen atoms in total. The molecule has 7 heteroatoms. The van der Waals surface area contributed by atoms with Gasteiger partial charge in [0.2, 0.25) is 5.91 Å². The molecule has 0 aliphatic rings. The number of aromatic nitrogens is 2. The van der Waals surface area contributed by atoms with Crippen molar-refractivity contribution < 1.29 is 19.0 Å². The molecule has 0 aliphatic carbocycles. The second-order valence-electron chi connectivity index (χ2n) is 6.49. The summed E-state index contributed by atoms with van der Waals surface area (Å²) >= 11 is 0. The number of rotatable bonds is 7. The Kier molecular flexibility index (Phi) is 6.64. The first-order chi connectivity index (χ1) is 14.5. The van der Waals surface area contributed by atoms with Gasteiger partial charge in [-0.1, -0.05) is 0 Å². The van der Waals surface area contributed by atoms with E-state index in [9.17, 15) is 4.79 Å². The van der Waals surface area contributed by atoms with Crippen LogP contribution in [0.5, 0.6) is 23.3 Å². The third-order valence-corrected chi connectivity index (χ3v) is 4.15. The zero-order chi connectivity index (χ0) is 21.5. The first-order valence-corrected chi connectivity index (χ1v) is 9.28. The number of nitrogens with one attached hydrogen (secondary N) is 1. The standard InChI is InChI=1S/C23H23N3O4/c1-15-13-16(2)25-23(24-15)30-19-10-7-18(8-11-19)26-22(27)12-6-17-5-9-20(28-3)14-21(17)29-4/h5-14H,1-4H3,(H,26,27)/b12-6+. The van der Waals surface area contributed by atoms with E-state index in [2.05, 4.69) is 15.3 Å². The van der Waals surface area contributed by atoms with E-state index in [4.69, 9.17) is 14.2 Å². The molecule has 1 N–H and O–H groups in total. The number of methoxy groups -OCH3 is 2. The maximum absolute atomic E-state index is 12.2. The van der Waals surface area contributed by atoms with Crippen molar-refractivity contribution in [1.82, 2.24) is 9.97 Å². The van der Waals surface area contributed by atoms with Gasteiger partial charge in [-0.3, -0.25) is 4.79 Å². The lowest BCUT2D eigenvalue weighted by Crippen LogP contribution is -2.07. The predicted molar refractivity (Wildman–Crippen MR) is 115 cm³/mol. The molecular formula is C23H23N3O4. The quantitative estimate of drug-likeness (QED) is 0.581. The first kappa shape index (κ1) is 20.9. The monoisotopic (exact) mass is 405 g/mol. The van der Waals surface area contributed by atoms with Gasteiger partial charge in [0.25, 0.3) is 0 Å². The highest BCUT2D eigenvalue weighted by Crippen LogP contribution is 2.26. The van der Waals surface area contributed by atoms with Crippen molar-refractivity contribution in [2.45, 2.75) is 13.8 Å². The summed E-state index contributed by atoms with van der Waals surface area (Å²) in [4.78, 5) is 20.7. The average molecular weight is 405 g/mol. The van der Waals surface area contributed by atoms with Crippen LogP contribution in [0.4, 0.5) is 5.69 Å². The number of aryl methyl sites for hydroxylation is 2. The number of hydrogen-bond acceptors (Lipinski definition) is 6. The fraction of sp³-hybridized carbons (Fsp3) is 0.174. The largest absolute Gasteiger partial charge is 0.497 e. The van der Waals surface area contributed by atoms with E-state index in [1.54, 1.807) is 56.7 Å². The minimum atomic E-state index is -0.265. The summed E-state index contributed by atoms with van der Waals surface area (Å²) < 4.78 is 16.2. The topological polar surface area (TPSA) is 82.6 Å². The van der Waals surface area contributed by atoms with Crippen molar-refractivity contribution in [3.05, 3.63) is 71.6 Å². The van der Waals surface area contributed by atoms with Crippen molar-refractivity contribution in [3.63, 3.8) is 0 Å². The molecule has 3 rings (SSSR count). The van der Waals surface area contributed by atoms with Crippen LogP contribution in [0.25, 0.3) is 6.08 Å². The van der Waals surface area contributed by atoms with E-state index >= 15 is 0 Å². The molecule has 2 aromatic carbocycles. The van der Waals surface area contributed by atoms with Crippen molar-refractivity contribution in [2.75, 3.05) is 19.5 Å². The van der Waals surface area contributed by atoms with Gasteiger partial charge in [0.1, 0.15) is 17.2 Å². The van der Waals surface area contributed by atoms with Crippen LogP contribution >= 0.6 is 0 Å². The van der Waals surface area contributed by atoms with Crippen molar-refractivity contribution in [3.8, 4) is 23.3 Å². The Bertz CT molecular complexity index is 1040. The summed E-state index contributed by atoms with van der Waals surface area (Å²) in [6.45, 7) is 3.77. The van der Waals surface area contributed by atoms with Crippen LogP contribution in [-0.2, 0) is 4.79 Å². The molecule has 1 heterocycles. The fourth-order valence-electron chi connectivity index (χ4n) is 2.76. The van der Waals surface area contributed by atoms with Crippen LogP contribution in [0, 0.1) is 13.8 Å². The number of carbonyl (C=O) groups is 1. The molecule has 0 fully saturated rings. The third kappa shape index (κ3) is 5.57. The molecular weight excluding hydrogens is 382 g/mol. The van der Waals surface area contributed by atoms with E-state index in [1.165, 1.54) is 6.08 Å². The minimum absolute atomic E-state index is 0.265. The molecule has 0 saturated carbocycles. The lowest BCUT2D eigenvalue weighted by Gasteiger charge is -2.08. The van der Waals surface area contributed by atoms with E-state index in [0.29, 0.717) is 28.9 Å². The summed E-state index contributed by atoms with van der Waals surface area (Å²) in [5.74, 6) is 1.62. The van der Waals surface area contributed by atoms with Gasteiger partial charge in [-0.05, 0) is 62.4 Å². The zero-order valence-corrected chi connectivity index (χ0v) is 17.3. The van der Waals surface area contributed by atoms with Crippen LogP contribution < -0.4 is 19.5 Å². The van der Waals surface area contributed by atoms with Gasteiger partial charge in [0.15, 0.2) is 0 Å². The number of anilines is 1. The molecule has 30 heavy (non-hydrogen) atoms. The molecule has 0 bridgehead atoms. The number of hydrogen-bond donors (Lipinski definition) is 1. The minimum Gasteiger partial charge on any atom is -0.497 e. The Morgan fingerprint density at radius 1 is 0.900 bits per heavy atom. The summed E-state index contributed by atoms with van der Waals surface area (Å²) in [5.41, 5.74) is 3.08. The van der Waals surface area contributed by atoms with E-state index in [-0.39, 0.29) is 5.91 Å². The Morgan fingerprint density at radius 3 is 2.20 bits per heavy atom. The Morgan fingerprint density at radius 2 is 1.57 bits per heavy atom. The van der Waals surface area contributed by atoms with Crippen molar-refractivity contribution in [2.24, 2.45) is 0 Å². The van der Waals surface area contributed by atoms with Gasteiger partial charge in [-0.25, -0.2) is 9.97 Å². The van der Waals surface area contributed by atoms with Gasteiger partial charge in [0, 0.05) is 34.8 Å². The highest BCUT2D eigenvalue weighted by atomic mass is 16.5.